The summed E-state index contributed by atoms with van der Waals surface area (Å²) in [6, 6.07) is 9.98. The minimum atomic E-state index is 0.0153. The molecule has 2 aliphatic heterocycles. The van der Waals surface area contributed by atoms with Crippen molar-refractivity contribution in [2.75, 3.05) is 26.2 Å². The van der Waals surface area contributed by atoms with E-state index in [2.05, 4.69) is 20.5 Å². The molecular weight excluding hydrogens is 330 g/mol. The molecule has 2 fully saturated rings. The Morgan fingerprint density at radius 2 is 2.04 bits per heavy atom. The number of carbonyl (C=O) groups excluding carboxylic acids is 1. The number of aromatic amines is 1. The predicted molar refractivity (Wildman–Crippen MR) is 97.7 cm³/mol. The second kappa shape index (κ2) is 7.86. The van der Waals surface area contributed by atoms with Gasteiger partial charge in [0.05, 0.1) is 6.10 Å². The topological polar surface area (TPSA) is 83.1 Å². The minimum absolute atomic E-state index is 0.0153. The number of hydrogen-bond acceptors (Lipinski definition) is 4. The number of nitrogens with zero attached hydrogens (tertiary/aromatic N) is 3. The number of rotatable bonds is 4. The lowest BCUT2D eigenvalue weighted by Gasteiger charge is -2.31. The average Bonchev–Trinajstić information content (AvgIpc) is 3.39. The van der Waals surface area contributed by atoms with Gasteiger partial charge in [-0.05, 0) is 25.7 Å². The summed E-state index contributed by atoms with van der Waals surface area (Å²) in [4.78, 5) is 18.9. The highest BCUT2D eigenvalue weighted by molar-refractivity contribution is 5.74. The van der Waals surface area contributed by atoms with Gasteiger partial charge in [0.1, 0.15) is 5.82 Å². The Labute approximate surface area is 153 Å². The first-order chi connectivity index (χ1) is 12.8. The Balaban J connectivity index is 1.28. The molecule has 2 aromatic rings. The van der Waals surface area contributed by atoms with E-state index in [9.17, 15) is 4.79 Å². The normalized spacial score (nSPS) is 21.1. The average molecular weight is 355 g/mol. The Hall–Kier alpha value is -2.41. The standard InChI is InChI=1S/C19H25N5O2/c25-19(20-13-16-7-4-12-26-16)24-10-8-15(9-11-24)18-21-17(22-23-18)14-5-2-1-3-6-14/h1-3,5-6,15-16H,4,7-13H2,(H,20,25)(H,21,22,23)/t16-/m0/s1. The molecule has 138 valence electrons. The van der Waals surface area contributed by atoms with E-state index in [1.807, 2.05) is 35.2 Å². The van der Waals surface area contributed by atoms with Crippen LogP contribution in [0.15, 0.2) is 30.3 Å². The van der Waals surface area contributed by atoms with Crippen LogP contribution >= 0.6 is 0 Å². The number of piperidine rings is 1. The van der Waals surface area contributed by atoms with Gasteiger partial charge < -0.3 is 15.0 Å². The SMILES string of the molecule is O=C(NC[C@@H]1CCCO1)N1CCC(c2nc(-c3ccccc3)n[nH]2)CC1. The van der Waals surface area contributed by atoms with Gasteiger partial charge in [0.25, 0.3) is 0 Å². The number of ether oxygens (including phenoxy) is 1. The zero-order valence-corrected chi connectivity index (χ0v) is 14.9. The van der Waals surface area contributed by atoms with Crippen molar-refractivity contribution in [1.82, 2.24) is 25.4 Å². The van der Waals surface area contributed by atoms with Crippen LogP contribution in [-0.4, -0.2) is 58.5 Å². The van der Waals surface area contributed by atoms with Crippen molar-refractivity contribution < 1.29 is 9.53 Å². The fourth-order valence-electron chi connectivity index (χ4n) is 3.65. The van der Waals surface area contributed by atoms with Crippen molar-refractivity contribution in [3.05, 3.63) is 36.2 Å². The largest absolute Gasteiger partial charge is 0.376 e. The smallest absolute Gasteiger partial charge is 0.317 e. The van der Waals surface area contributed by atoms with E-state index in [1.54, 1.807) is 0 Å². The molecule has 1 aromatic heterocycles. The number of hydrogen-bond donors (Lipinski definition) is 2. The van der Waals surface area contributed by atoms with Gasteiger partial charge in [0.15, 0.2) is 5.82 Å². The third-order valence-corrected chi connectivity index (χ3v) is 5.21. The van der Waals surface area contributed by atoms with Crippen molar-refractivity contribution >= 4 is 6.03 Å². The minimum Gasteiger partial charge on any atom is -0.376 e. The lowest BCUT2D eigenvalue weighted by Crippen LogP contribution is -2.46. The predicted octanol–water partition coefficient (Wildman–Crippen LogP) is 2.54. The molecule has 0 saturated carbocycles. The molecule has 4 rings (SSSR count). The van der Waals surface area contributed by atoms with Gasteiger partial charge in [-0.25, -0.2) is 9.78 Å². The van der Waals surface area contributed by atoms with Crippen molar-refractivity contribution in [2.24, 2.45) is 0 Å². The molecule has 2 aliphatic rings. The lowest BCUT2D eigenvalue weighted by molar-refractivity contribution is 0.108. The second-order valence-corrected chi connectivity index (χ2v) is 6.99. The highest BCUT2D eigenvalue weighted by Gasteiger charge is 2.26. The summed E-state index contributed by atoms with van der Waals surface area (Å²) in [5.41, 5.74) is 1.01. The number of amides is 2. The van der Waals surface area contributed by atoms with Gasteiger partial charge in [0, 0.05) is 37.7 Å². The zero-order valence-electron chi connectivity index (χ0n) is 14.9. The maximum Gasteiger partial charge on any atom is 0.317 e. The van der Waals surface area contributed by atoms with Crippen LogP contribution in [0, 0.1) is 0 Å². The summed E-state index contributed by atoms with van der Waals surface area (Å²) < 4.78 is 5.55. The number of urea groups is 1. The molecule has 1 atom stereocenters. The van der Waals surface area contributed by atoms with Gasteiger partial charge in [-0.3, -0.25) is 5.10 Å². The molecule has 2 amide bonds. The molecule has 0 radical (unpaired) electrons. The van der Waals surface area contributed by atoms with E-state index in [4.69, 9.17) is 4.74 Å². The van der Waals surface area contributed by atoms with E-state index in [1.165, 1.54) is 0 Å². The van der Waals surface area contributed by atoms with Crippen LogP contribution in [0.4, 0.5) is 4.79 Å². The van der Waals surface area contributed by atoms with Crippen molar-refractivity contribution in [1.29, 1.82) is 0 Å². The lowest BCUT2D eigenvalue weighted by atomic mass is 9.96. The number of benzene rings is 1. The molecule has 2 saturated heterocycles. The van der Waals surface area contributed by atoms with Gasteiger partial charge in [0.2, 0.25) is 0 Å². The molecular formula is C19H25N5O2. The highest BCUT2D eigenvalue weighted by atomic mass is 16.5. The first kappa shape index (κ1) is 17.0. The third kappa shape index (κ3) is 3.88. The number of nitrogens with one attached hydrogen (secondary N) is 2. The number of carbonyl (C=O) groups is 1. The van der Waals surface area contributed by atoms with Gasteiger partial charge >= 0.3 is 6.03 Å². The Kier molecular flexibility index (Phi) is 5.15. The fraction of sp³-hybridized carbons (Fsp3) is 0.526. The highest BCUT2D eigenvalue weighted by Crippen LogP contribution is 2.27. The Morgan fingerprint density at radius 1 is 1.23 bits per heavy atom. The fourth-order valence-corrected chi connectivity index (χ4v) is 3.65. The van der Waals surface area contributed by atoms with Crippen LogP contribution in [0.2, 0.25) is 0 Å². The quantitative estimate of drug-likeness (QED) is 0.883. The number of H-pyrrole nitrogens is 1. The van der Waals surface area contributed by atoms with Gasteiger partial charge in [-0.15, -0.1) is 0 Å². The Bertz CT molecular complexity index is 719. The van der Waals surface area contributed by atoms with Crippen molar-refractivity contribution in [3.63, 3.8) is 0 Å². The van der Waals surface area contributed by atoms with E-state index in [0.29, 0.717) is 12.5 Å². The maximum absolute atomic E-state index is 12.3. The van der Waals surface area contributed by atoms with Crippen LogP contribution in [0.3, 0.4) is 0 Å². The number of aromatic nitrogens is 3. The van der Waals surface area contributed by atoms with Crippen molar-refractivity contribution in [2.45, 2.75) is 37.7 Å². The first-order valence-electron chi connectivity index (χ1n) is 9.41. The molecule has 7 heteroatoms. The monoisotopic (exact) mass is 355 g/mol. The summed E-state index contributed by atoms with van der Waals surface area (Å²) in [6.45, 7) is 2.90. The van der Waals surface area contributed by atoms with E-state index in [0.717, 1.165) is 62.6 Å². The molecule has 0 aliphatic carbocycles. The van der Waals surface area contributed by atoms with Gasteiger partial charge in [-0.2, -0.15) is 5.10 Å². The van der Waals surface area contributed by atoms with Gasteiger partial charge in [-0.1, -0.05) is 30.3 Å². The molecule has 0 bridgehead atoms. The summed E-state index contributed by atoms with van der Waals surface area (Å²) in [7, 11) is 0. The van der Waals surface area contributed by atoms with E-state index < -0.39 is 0 Å². The maximum atomic E-state index is 12.3. The van der Waals surface area contributed by atoms with Crippen LogP contribution < -0.4 is 5.32 Å². The molecule has 3 heterocycles. The molecule has 7 nitrogen and oxygen atoms in total. The summed E-state index contributed by atoms with van der Waals surface area (Å²) in [5, 5.41) is 10.4. The van der Waals surface area contributed by atoms with Crippen LogP contribution in [0.25, 0.3) is 11.4 Å². The van der Waals surface area contributed by atoms with E-state index >= 15 is 0 Å². The Morgan fingerprint density at radius 3 is 2.77 bits per heavy atom. The van der Waals surface area contributed by atoms with E-state index in [-0.39, 0.29) is 12.1 Å². The first-order valence-corrected chi connectivity index (χ1v) is 9.41. The summed E-state index contributed by atoms with van der Waals surface area (Å²) in [5.74, 6) is 1.97. The van der Waals surface area contributed by atoms with Crippen LogP contribution in [0.5, 0.6) is 0 Å². The van der Waals surface area contributed by atoms with Crippen LogP contribution in [-0.2, 0) is 4.74 Å². The summed E-state index contributed by atoms with van der Waals surface area (Å²) >= 11 is 0. The zero-order chi connectivity index (χ0) is 17.8. The number of likely N-dealkylation sites (tertiary alicyclic amines) is 1. The molecule has 26 heavy (non-hydrogen) atoms. The molecule has 1 aromatic carbocycles. The summed E-state index contributed by atoms with van der Waals surface area (Å²) in [6.07, 6.45) is 4.11. The molecule has 2 N–H and O–H groups in total. The molecule has 0 spiro atoms. The van der Waals surface area contributed by atoms with Crippen LogP contribution in [0.1, 0.15) is 37.4 Å². The van der Waals surface area contributed by atoms with Crippen molar-refractivity contribution in [3.8, 4) is 11.4 Å². The third-order valence-electron chi connectivity index (χ3n) is 5.21. The molecule has 0 unspecified atom stereocenters. The second-order valence-electron chi connectivity index (χ2n) is 6.99.